The van der Waals surface area contributed by atoms with Gasteiger partial charge in [0.25, 0.3) is 0 Å². The highest BCUT2D eigenvalue weighted by Crippen LogP contribution is 2.32. The van der Waals surface area contributed by atoms with Crippen molar-refractivity contribution < 1.29 is 14.7 Å². The summed E-state index contributed by atoms with van der Waals surface area (Å²) in [5, 5.41) is 9.13. The van der Waals surface area contributed by atoms with Gasteiger partial charge in [-0.1, -0.05) is 54.6 Å². The van der Waals surface area contributed by atoms with E-state index >= 15 is 0 Å². The van der Waals surface area contributed by atoms with Crippen LogP contribution >= 0.6 is 0 Å². The Morgan fingerprint density at radius 1 is 1.06 bits per heavy atom. The maximum absolute atomic E-state index is 9.13. The Morgan fingerprint density at radius 2 is 1.91 bits per heavy atom. The van der Waals surface area contributed by atoms with E-state index < -0.39 is 6.23 Å². The van der Waals surface area contributed by atoms with E-state index in [1.165, 1.54) is 11.1 Å². The van der Waals surface area contributed by atoms with E-state index in [1.54, 1.807) is 7.11 Å². The van der Waals surface area contributed by atoms with Crippen molar-refractivity contribution >= 4 is 5.84 Å². The van der Waals surface area contributed by atoms with Crippen molar-refractivity contribution in [2.45, 2.75) is 26.3 Å². The Hall–Kier alpha value is -3.03. The lowest BCUT2D eigenvalue weighted by molar-refractivity contribution is 0.0376. The van der Waals surface area contributed by atoms with Crippen LogP contribution in [0.3, 0.4) is 0 Å². The predicted molar refractivity (Wildman–Crippen MR) is 131 cm³/mol. The molecule has 3 aromatic carbocycles. The second-order valence-corrected chi connectivity index (χ2v) is 8.38. The van der Waals surface area contributed by atoms with Crippen LogP contribution in [0.5, 0.6) is 0 Å². The van der Waals surface area contributed by atoms with Crippen molar-refractivity contribution in [3.63, 3.8) is 0 Å². The summed E-state index contributed by atoms with van der Waals surface area (Å²) in [6.07, 6.45) is -0.428. The quantitative estimate of drug-likeness (QED) is 0.516. The minimum Gasteiger partial charge on any atom is -0.395 e. The summed E-state index contributed by atoms with van der Waals surface area (Å²) in [5.41, 5.74) is 10.8. The number of hydrogen-bond donors (Lipinski definition) is 2. The maximum atomic E-state index is 9.13. The molecule has 172 valence electrons. The van der Waals surface area contributed by atoms with Crippen molar-refractivity contribution in [3.05, 3.63) is 94.5 Å². The first-order valence-corrected chi connectivity index (χ1v) is 11.1. The summed E-state index contributed by atoms with van der Waals surface area (Å²) in [6, 6.07) is 22.9. The summed E-state index contributed by atoms with van der Waals surface area (Å²) < 4.78 is 5.49. The van der Waals surface area contributed by atoms with Crippen LogP contribution in [0.4, 0.5) is 0 Å². The van der Waals surface area contributed by atoms with Crippen molar-refractivity contribution in [1.82, 2.24) is 10.4 Å². The zero-order chi connectivity index (χ0) is 23.2. The van der Waals surface area contributed by atoms with E-state index in [1.807, 2.05) is 19.2 Å². The number of benzene rings is 3. The van der Waals surface area contributed by atoms with Gasteiger partial charge in [-0.3, -0.25) is 4.90 Å². The van der Waals surface area contributed by atoms with E-state index in [4.69, 9.17) is 19.7 Å². The van der Waals surface area contributed by atoms with E-state index in [0.29, 0.717) is 19.0 Å². The Kier molecular flexibility index (Phi) is 7.52. The van der Waals surface area contributed by atoms with Gasteiger partial charge < -0.3 is 9.84 Å². The largest absolute Gasteiger partial charge is 0.395 e. The van der Waals surface area contributed by atoms with Crippen LogP contribution in [0.2, 0.25) is 0 Å². The topological polar surface area (TPSA) is 66.3 Å². The molecule has 0 amide bonds. The van der Waals surface area contributed by atoms with Gasteiger partial charge in [0.15, 0.2) is 5.84 Å². The summed E-state index contributed by atoms with van der Waals surface area (Å²) in [7, 11) is 3.70. The molecule has 0 bridgehead atoms. The van der Waals surface area contributed by atoms with Gasteiger partial charge in [0.05, 0.1) is 13.2 Å². The van der Waals surface area contributed by atoms with Gasteiger partial charge in [0, 0.05) is 31.3 Å². The molecule has 1 atom stereocenters. The van der Waals surface area contributed by atoms with Gasteiger partial charge in [0.1, 0.15) is 0 Å². The number of hydrogen-bond acceptors (Lipinski definition) is 6. The Morgan fingerprint density at radius 3 is 2.70 bits per heavy atom. The third-order valence-corrected chi connectivity index (χ3v) is 5.80. The molecule has 2 N–H and O–H groups in total. The zero-order valence-electron chi connectivity index (χ0n) is 19.4. The highest BCUT2D eigenvalue weighted by atomic mass is 16.7. The average Bonchev–Trinajstić information content (AvgIpc) is 3.31. The van der Waals surface area contributed by atoms with Crippen LogP contribution in [0, 0.1) is 6.92 Å². The average molecular weight is 446 g/mol. The van der Waals surface area contributed by atoms with Crippen molar-refractivity contribution in [2.75, 3.05) is 27.3 Å². The molecule has 0 saturated heterocycles. The first-order valence-electron chi connectivity index (χ1n) is 11.1. The fraction of sp³-hybridized carbons (Fsp3) is 0.296. The molecule has 1 unspecified atom stereocenters. The third-order valence-electron chi connectivity index (χ3n) is 5.80. The molecule has 3 aromatic rings. The molecule has 1 aliphatic rings. The molecule has 6 nitrogen and oxygen atoms in total. The van der Waals surface area contributed by atoms with Gasteiger partial charge in [-0.05, 0) is 53.9 Å². The van der Waals surface area contributed by atoms with Crippen LogP contribution in [-0.4, -0.2) is 43.2 Å². The summed E-state index contributed by atoms with van der Waals surface area (Å²) >= 11 is 0. The summed E-state index contributed by atoms with van der Waals surface area (Å²) in [5.74, 6) is 0.711. The number of rotatable bonds is 9. The highest BCUT2D eigenvalue weighted by molar-refractivity contribution is 5.99. The van der Waals surface area contributed by atoms with Crippen molar-refractivity contribution in [3.8, 4) is 11.1 Å². The fourth-order valence-corrected chi connectivity index (χ4v) is 4.12. The van der Waals surface area contributed by atoms with Gasteiger partial charge in [-0.25, -0.2) is 15.3 Å². The number of aliphatic hydroxyl groups is 1. The Labute approximate surface area is 195 Å². The Bertz CT molecular complexity index is 1130. The Balaban J connectivity index is 1.58. The highest BCUT2D eigenvalue weighted by Gasteiger charge is 2.22. The molecule has 33 heavy (non-hydrogen) atoms. The molecular formula is C27H31N3O3. The number of aliphatic hydroxyl groups excluding tert-OH is 1. The van der Waals surface area contributed by atoms with Gasteiger partial charge in [-0.15, -0.1) is 0 Å². The number of methoxy groups -OCH3 is 1. The predicted octanol–water partition coefficient (Wildman–Crippen LogP) is 4.21. The smallest absolute Gasteiger partial charge is 0.202 e. The molecule has 0 saturated carbocycles. The summed E-state index contributed by atoms with van der Waals surface area (Å²) in [4.78, 5) is 12.7. The normalized spacial score (nSPS) is 15.5. The minimum absolute atomic E-state index is 0.146. The maximum Gasteiger partial charge on any atom is 0.202 e. The summed E-state index contributed by atoms with van der Waals surface area (Å²) in [6.45, 7) is 4.17. The lowest BCUT2D eigenvalue weighted by atomic mass is 9.94. The second-order valence-electron chi connectivity index (χ2n) is 8.38. The number of nitrogens with zero attached hydrogens (tertiary/aromatic N) is 2. The van der Waals surface area contributed by atoms with Crippen molar-refractivity contribution in [2.24, 2.45) is 4.99 Å². The standard InChI is InChI=1S/C27H31N3O3/c1-19-7-4-5-10-24(19)25-12-11-22(16-23(25)18-32-3)27-28-26(29-33-27)21-9-6-8-20(15-21)17-30(2)13-14-31/h4-12,15-16,27,31H,13-14,17-18H2,1-3H3,(H,28,29). The number of nitrogens with one attached hydrogen (secondary N) is 1. The molecular weight excluding hydrogens is 414 g/mol. The number of amidine groups is 1. The van der Waals surface area contributed by atoms with Crippen LogP contribution < -0.4 is 5.48 Å². The molecule has 0 aliphatic carbocycles. The molecule has 0 spiro atoms. The van der Waals surface area contributed by atoms with Gasteiger partial charge >= 0.3 is 0 Å². The van der Waals surface area contributed by atoms with E-state index in [0.717, 1.165) is 34.4 Å². The number of likely N-dealkylation sites (N-methyl/N-ethyl adjacent to an activating group) is 1. The molecule has 0 radical (unpaired) electrons. The number of hydroxylamine groups is 1. The first kappa shape index (κ1) is 23.1. The zero-order valence-corrected chi connectivity index (χ0v) is 19.4. The van der Waals surface area contributed by atoms with Crippen LogP contribution in [-0.2, 0) is 22.7 Å². The SMILES string of the molecule is COCc1cc(C2N=C(c3cccc(CN(C)CCO)c3)NO2)ccc1-c1ccccc1C. The van der Waals surface area contributed by atoms with Gasteiger partial charge in [-0.2, -0.15) is 0 Å². The number of aliphatic imine (C=N–C) groups is 1. The molecule has 0 fully saturated rings. The van der Waals surface area contributed by atoms with E-state index in [9.17, 15) is 0 Å². The van der Waals surface area contributed by atoms with Gasteiger partial charge in [0.2, 0.25) is 6.23 Å². The first-order chi connectivity index (χ1) is 16.1. The van der Waals surface area contributed by atoms with Crippen LogP contribution in [0.1, 0.15) is 34.0 Å². The van der Waals surface area contributed by atoms with Crippen LogP contribution in [0.25, 0.3) is 11.1 Å². The third kappa shape index (κ3) is 5.49. The fourth-order valence-electron chi connectivity index (χ4n) is 4.12. The number of ether oxygens (including phenoxy) is 1. The molecule has 0 aromatic heterocycles. The van der Waals surface area contributed by atoms with Crippen molar-refractivity contribution in [1.29, 1.82) is 0 Å². The number of aryl methyl sites for hydroxylation is 1. The lowest BCUT2D eigenvalue weighted by Gasteiger charge is -2.15. The molecule has 6 heteroatoms. The molecule has 1 heterocycles. The lowest BCUT2D eigenvalue weighted by Crippen LogP contribution is -2.22. The van der Waals surface area contributed by atoms with E-state index in [2.05, 4.69) is 71.9 Å². The van der Waals surface area contributed by atoms with Crippen LogP contribution in [0.15, 0.2) is 71.7 Å². The van der Waals surface area contributed by atoms with E-state index in [-0.39, 0.29) is 6.61 Å². The minimum atomic E-state index is -0.428. The molecule has 1 aliphatic heterocycles. The monoisotopic (exact) mass is 445 g/mol. The second kappa shape index (κ2) is 10.7. The molecule has 4 rings (SSSR count).